The second-order valence-electron chi connectivity index (χ2n) is 4.18. The number of benzene rings is 2. The number of carbonyl (C=O) groups is 1. The molecule has 2 rings (SSSR count). The van der Waals surface area contributed by atoms with Gasteiger partial charge in [0.1, 0.15) is 6.61 Å². The van der Waals surface area contributed by atoms with Crippen LogP contribution in [0, 0.1) is 11.6 Å². The van der Waals surface area contributed by atoms with Crippen molar-refractivity contribution in [1.29, 1.82) is 0 Å². The standard InChI is InChI=1S/C14H12F2N2O2/c15-12-3-1-2-8(13(12)16)7-20-14(19)9-4-10(17)6-11(18)5-9/h1-6H,7,17-18H2. The molecule has 0 saturated heterocycles. The smallest absolute Gasteiger partial charge is 0.338 e. The lowest BCUT2D eigenvalue weighted by Gasteiger charge is -2.07. The minimum absolute atomic E-state index is 0.0461. The Morgan fingerprint density at radius 1 is 1.10 bits per heavy atom. The van der Waals surface area contributed by atoms with E-state index in [2.05, 4.69) is 0 Å². The van der Waals surface area contributed by atoms with Crippen molar-refractivity contribution in [2.75, 3.05) is 11.5 Å². The van der Waals surface area contributed by atoms with Gasteiger partial charge in [-0.05, 0) is 24.3 Å². The Kier molecular flexibility index (Phi) is 3.84. The van der Waals surface area contributed by atoms with Gasteiger partial charge in [-0.15, -0.1) is 0 Å². The highest BCUT2D eigenvalue weighted by molar-refractivity contribution is 5.91. The van der Waals surface area contributed by atoms with Gasteiger partial charge >= 0.3 is 5.97 Å². The maximum atomic E-state index is 13.4. The summed E-state index contributed by atoms with van der Waals surface area (Å²) in [7, 11) is 0. The van der Waals surface area contributed by atoms with E-state index in [-0.39, 0.29) is 17.7 Å². The minimum atomic E-state index is -1.03. The fraction of sp³-hybridized carbons (Fsp3) is 0.0714. The van der Waals surface area contributed by atoms with Crippen molar-refractivity contribution in [2.24, 2.45) is 0 Å². The number of ether oxygens (including phenoxy) is 1. The van der Waals surface area contributed by atoms with E-state index < -0.39 is 17.6 Å². The molecule has 0 fully saturated rings. The van der Waals surface area contributed by atoms with Crippen LogP contribution in [-0.4, -0.2) is 5.97 Å². The van der Waals surface area contributed by atoms with Gasteiger partial charge in [0.15, 0.2) is 11.6 Å². The summed E-state index contributed by atoms with van der Waals surface area (Å²) < 4.78 is 31.3. The highest BCUT2D eigenvalue weighted by Gasteiger charge is 2.12. The van der Waals surface area contributed by atoms with E-state index >= 15 is 0 Å². The monoisotopic (exact) mass is 278 g/mol. The van der Waals surface area contributed by atoms with Crippen LogP contribution in [0.5, 0.6) is 0 Å². The Hall–Kier alpha value is -2.63. The summed E-state index contributed by atoms with van der Waals surface area (Å²) in [6, 6.07) is 7.92. The van der Waals surface area contributed by atoms with E-state index in [9.17, 15) is 13.6 Å². The average Bonchev–Trinajstić information content (AvgIpc) is 2.39. The quantitative estimate of drug-likeness (QED) is 0.668. The lowest BCUT2D eigenvalue weighted by atomic mass is 10.2. The van der Waals surface area contributed by atoms with Gasteiger partial charge in [0.2, 0.25) is 0 Å². The molecular formula is C14H12F2N2O2. The van der Waals surface area contributed by atoms with Gasteiger partial charge in [-0.3, -0.25) is 0 Å². The van der Waals surface area contributed by atoms with Gasteiger partial charge in [0, 0.05) is 16.9 Å². The fourth-order valence-electron chi connectivity index (χ4n) is 1.68. The van der Waals surface area contributed by atoms with Crippen LogP contribution in [0.1, 0.15) is 15.9 Å². The van der Waals surface area contributed by atoms with E-state index in [1.165, 1.54) is 30.3 Å². The third-order valence-corrected chi connectivity index (χ3v) is 2.60. The number of nitrogen functional groups attached to an aromatic ring is 2. The lowest BCUT2D eigenvalue weighted by molar-refractivity contribution is 0.0468. The number of hydrogen-bond donors (Lipinski definition) is 2. The summed E-state index contributed by atoms with van der Waals surface area (Å²) >= 11 is 0. The normalized spacial score (nSPS) is 10.3. The fourth-order valence-corrected chi connectivity index (χ4v) is 1.68. The molecule has 104 valence electrons. The van der Waals surface area contributed by atoms with Crippen LogP contribution < -0.4 is 11.5 Å². The zero-order valence-electron chi connectivity index (χ0n) is 10.4. The van der Waals surface area contributed by atoms with Crippen LogP contribution in [-0.2, 0) is 11.3 Å². The molecule has 0 bridgehead atoms. The van der Waals surface area contributed by atoms with Crippen molar-refractivity contribution in [3.8, 4) is 0 Å². The van der Waals surface area contributed by atoms with Crippen LogP contribution >= 0.6 is 0 Å². The molecule has 0 radical (unpaired) electrons. The molecule has 0 aromatic heterocycles. The molecule has 20 heavy (non-hydrogen) atoms. The molecule has 0 saturated carbocycles. The first-order valence-electron chi connectivity index (χ1n) is 5.73. The molecule has 2 aromatic carbocycles. The van der Waals surface area contributed by atoms with Gasteiger partial charge in [0.25, 0.3) is 0 Å². The SMILES string of the molecule is Nc1cc(N)cc(C(=O)OCc2cccc(F)c2F)c1. The minimum Gasteiger partial charge on any atom is -0.457 e. The van der Waals surface area contributed by atoms with Gasteiger partial charge in [0.05, 0.1) is 5.56 Å². The average molecular weight is 278 g/mol. The molecule has 0 aliphatic carbocycles. The van der Waals surface area contributed by atoms with Gasteiger partial charge < -0.3 is 16.2 Å². The van der Waals surface area contributed by atoms with Gasteiger partial charge in [-0.2, -0.15) is 0 Å². The molecule has 0 amide bonds. The van der Waals surface area contributed by atoms with Crippen molar-refractivity contribution in [2.45, 2.75) is 6.61 Å². The Bertz CT molecular complexity index is 639. The first-order valence-corrected chi connectivity index (χ1v) is 5.73. The largest absolute Gasteiger partial charge is 0.457 e. The topological polar surface area (TPSA) is 78.3 Å². The summed E-state index contributed by atoms with van der Waals surface area (Å²) in [5.41, 5.74) is 11.8. The summed E-state index contributed by atoms with van der Waals surface area (Å²) in [6.45, 7) is -0.378. The van der Waals surface area contributed by atoms with E-state index in [0.29, 0.717) is 11.4 Å². The number of halogens is 2. The molecule has 0 atom stereocenters. The summed E-state index contributed by atoms with van der Waals surface area (Å²) in [6.07, 6.45) is 0. The highest BCUT2D eigenvalue weighted by Crippen LogP contribution is 2.16. The Labute approximate surface area is 114 Å². The molecule has 0 unspecified atom stereocenters. The molecule has 0 aliphatic rings. The summed E-state index contributed by atoms with van der Waals surface area (Å²) in [5, 5.41) is 0. The van der Waals surface area contributed by atoms with Crippen molar-refractivity contribution in [3.63, 3.8) is 0 Å². The van der Waals surface area contributed by atoms with Crippen LogP contribution in [0.15, 0.2) is 36.4 Å². The number of esters is 1. The zero-order chi connectivity index (χ0) is 14.7. The first kappa shape index (κ1) is 13.8. The van der Waals surface area contributed by atoms with Crippen LogP contribution in [0.25, 0.3) is 0 Å². The maximum absolute atomic E-state index is 13.4. The molecule has 0 heterocycles. The molecular weight excluding hydrogens is 266 g/mol. The predicted octanol–water partition coefficient (Wildman–Crippen LogP) is 2.49. The summed E-state index contributed by atoms with van der Waals surface area (Å²) in [5.74, 6) is -2.74. The molecule has 6 heteroatoms. The van der Waals surface area contributed by atoms with Gasteiger partial charge in [-0.25, -0.2) is 13.6 Å². The van der Waals surface area contributed by atoms with E-state index in [1.54, 1.807) is 0 Å². The molecule has 0 aliphatic heterocycles. The van der Waals surface area contributed by atoms with Crippen LogP contribution in [0.4, 0.5) is 20.2 Å². The van der Waals surface area contributed by atoms with Crippen molar-refractivity contribution >= 4 is 17.3 Å². The van der Waals surface area contributed by atoms with Crippen LogP contribution in [0.2, 0.25) is 0 Å². The van der Waals surface area contributed by atoms with Crippen molar-refractivity contribution < 1.29 is 18.3 Å². The van der Waals surface area contributed by atoms with E-state index in [0.717, 1.165) is 6.07 Å². The van der Waals surface area contributed by atoms with Crippen molar-refractivity contribution in [3.05, 3.63) is 59.2 Å². The molecule has 0 spiro atoms. The third-order valence-electron chi connectivity index (χ3n) is 2.60. The summed E-state index contributed by atoms with van der Waals surface area (Å²) in [4.78, 5) is 11.8. The Morgan fingerprint density at radius 3 is 2.40 bits per heavy atom. The van der Waals surface area contributed by atoms with E-state index in [1.807, 2.05) is 0 Å². The second-order valence-corrected chi connectivity index (χ2v) is 4.18. The lowest BCUT2D eigenvalue weighted by Crippen LogP contribution is -2.08. The molecule has 2 aromatic rings. The number of carbonyl (C=O) groups excluding carboxylic acids is 1. The third kappa shape index (κ3) is 3.03. The number of rotatable bonds is 3. The van der Waals surface area contributed by atoms with Crippen LogP contribution in [0.3, 0.4) is 0 Å². The molecule has 4 N–H and O–H groups in total. The van der Waals surface area contributed by atoms with E-state index in [4.69, 9.17) is 16.2 Å². The number of hydrogen-bond acceptors (Lipinski definition) is 4. The van der Waals surface area contributed by atoms with Gasteiger partial charge in [-0.1, -0.05) is 12.1 Å². The zero-order valence-corrected chi connectivity index (χ0v) is 10.4. The Morgan fingerprint density at radius 2 is 1.75 bits per heavy atom. The van der Waals surface area contributed by atoms with Crippen molar-refractivity contribution in [1.82, 2.24) is 0 Å². The highest BCUT2D eigenvalue weighted by atomic mass is 19.2. The number of anilines is 2. The number of nitrogens with two attached hydrogens (primary N) is 2. The predicted molar refractivity (Wildman–Crippen MR) is 70.7 cm³/mol. The first-order chi connectivity index (χ1) is 9.47. The maximum Gasteiger partial charge on any atom is 0.338 e. The Balaban J connectivity index is 2.10. The molecule has 4 nitrogen and oxygen atoms in total. The second kappa shape index (κ2) is 5.56.